The maximum Gasteiger partial charge on any atom is 0.268 e. The second-order valence-corrected chi connectivity index (χ2v) is 5.23. The molecule has 0 unspecified atom stereocenters. The molecule has 3 N–H and O–H groups in total. The summed E-state index contributed by atoms with van der Waals surface area (Å²) in [5, 5.41) is 8.40. The first-order valence-corrected chi connectivity index (χ1v) is 7.15. The zero-order valence-electron chi connectivity index (χ0n) is 10.9. The van der Waals surface area contributed by atoms with Crippen LogP contribution in [0.2, 0.25) is 0 Å². The number of nitrogens with one attached hydrogen (secondary N) is 3. The molecule has 0 radical (unpaired) electrons. The van der Waals surface area contributed by atoms with Gasteiger partial charge in [-0.25, -0.2) is 4.98 Å². The molecule has 2 amide bonds. The van der Waals surface area contributed by atoms with Crippen LogP contribution >= 0.6 is 11.3 Å². The summed E-state index contributed by atoms with van der Waals surface area (Å²) in [6.07, 6.45) is 1.60. The lowest BCUT2D eigenvalue weighted by molar-refractivity contribution is -0.115. The first-order chi connectivity index (χ1) is 10.2. The number of aromatic nitrogens is 2. The summed E-state index contributed by atoms with van der Waals surface area (Å²) in [6.45, 7) is -0.103. The van der Waals surface area contributed by atoms with Crippen LogP contribution in [0.15, 0.2) is 41.9 Å². The zero-order valence-corrected chi connectivity index (χ0v) is 11.7. The molecule has 1 aromatic carbocycles. The van der Waals surface area contributed by atoms with Gasteiger partial charge in [0.15, 0.2) is 5.13 Å². The molecule has 0 saturated heterocycles. The minimum absolute atomic E-state index is 0.103. The smallest absolute Gasteiger partial charge is 0.268 e. The van der Waals surface area contributed by atoms with Crippen molar-refractivity contribution in [2.75, 3.05) is 11.9 Å². The Morgan fingerprint density at radius 2 is 2.14 bits per heavy atom. The van der Waals surface area contributed by atoms with Gasteiger partial charge in [-0.15, -0.1) is 11.3 Å². The molecule has 0 bridgehead atoms. The van der Waals surface area contributed by atoms with Crippen molar-refractivity contribution >= 4 is 39.2 Å². The van der Waals surface area contributed by atoms with Crippen LogP contribution in [-0.4, -0.2) is 28.3 Å². The van der Waals surface area contributed by atoms with Crippen LogP contribution in [0, 0.1) is 0 Å². The highest BCUT2D eigenvalue weighted by molar-refractivity contribution is 7.13. The molecule has 0 aliphatic heterocycles. The monoisotopic (exact) mass is 300 g/mol. The molecular formula is C14H12N4O2S. The molecular weight excluding hydrogens is 288 g/mol. The van der Waals surface area contributed by atoms with E-state index in [1.807, 2.05) is 24.3 Å². The number of rotatable bonds is 4. The van der Waals surface area contributed by atoms with Crippen LogP contribution in [0.3, 0.4) is 0 Å². The molecule has 21 heavy (non-hydrogen) atoms. The number of carbonyl (C=O) groups excluding carboxylic acids is 2. The predicted molar refractivity (Wildman–Crippen MR) is 81.4 cm³/mol. The van der Waals surface area contributed by atoms with Crippen molar-refractivity contribution in [3.63, 3.8) is 0 Å². The number of H-pyrrole nitrogens is 1. The normalized spacial score (nSPS) is 10.5. The van der Waals surface area contributed by atoms with E-state index in [1.54, 1.807) is 17.6 Å². The minimum Gasteiger partial charge on any atom is -0.351 e. The molecule has 0 aliphatic carbocycles. The number of hydrogen-bond acceptors (Lipinski definition) is 4. The second kappa shape index (κ2) is 5.76. The average molecular weight is 300 g/mol. The zero-order chi connectivity index (χ0) is 14.7. The third kappa shape index (κ3) is 3.09. The van der Waals surface area contributed by atoms with Crippen molar-refractivity contribution in [1.82, 2.24) is 15.3 Å². The number of carbonyl (C=O) groups is 2. The lowest BCUT2D eigenvalue weighted by Crippen LogP contribution is -2.32. The Morgan fingerprint density at radius 1 is 1.29 bits per heavy atom. The SMILES string of the molecule is O=C(CNC(=O)c1cc2ccccc2[nH]1)Nc1nccs1. The maximum atomic E-state index is 12.0. The minimum atomic E-state index is -0.319. The van der Waals surface area contributed by atoms with Gasteiger partial charge in [0.25, 0.3) is 5.91 Å². The Hall–Kier alpha value is -2.67. The summed E-state index contributed by atoms with van der Waals surface area (Å²) >= 11 is 1.32. The van der Waals surface area contributed by atoms with Crippen molar-refractivity contribution in [3.8, 4) is 0 Å². The summed E-state index contributed by atoms with van der Waals surface area (Å²) in [7, 11) is 0. The van der Waals surface area contributed by atoms with Crippen LogP contribution < -0.4 is 10.6 Å². The molecule has 3 aromatic rings. The van der Waals surface area contributed by atoms with Crippen LogP contribution in [0.25, 0.3) is 10.9 Å². The summed E-state index contributed by atoms with van der Waals surface area (Å²) in [5.41, 5.74) is 1.31. The van der Waals surface area contributed by atoms with Gasteiger partial charge in [-0.3, -0.25) is 9.59 Å². The Labute approximate surface area is 124 Å². The van der Waals surface area contributed by atoms with Crippen LogP contribution in [-0.2, 0) is 4.79 Å². The van der Waals surface area contributed by atoms with E-state index in [-0.39, 0.29) is 18.4 Å². The van der Waals surface area contributed by atoms with Gasteiger partial charge in [0.05, 0.1) is 6.54 Å². The van der Waals surface area contributed by atoms with Crippen molar-refractivity contribution < 1.29 is 9.59 Å². The van der Waals surface area contributed by atoms with Gasteiger partial charge in [-0.2, -0.15) is 0 Å². The molecule has 7 heteroatoms. The number of fused-ring (bicyclic) bond motifs is 1. The molecule has 6 nitrogen and oxygen atoms in total. The van der Waals surface area contributed by atoms with E-state index in [9.17, 15) is 9.59 Å². The van der Waals surface area contributed by atoms with E-state index in [4.69, 9.17) is 0 Å². The third-order valence-electron chi connectivity index (χ3n) is 2.86. The van der Waals surface area contributed by atoms with Crippen molar-refractivity contribution in [1.29, 1.82) is 0 Å². The molecule has 0 atom stereocenters. The fourth-order valence-electron chi connectivity index (χ4n) is 1.90. The second-order valence-electron chi connectivity index (χ2n) is 4.34. The van der Waals surface area contributed by atoms with Gasteiger partial charge in [-0.1, -0.05) is 18.2 Å². The highest BCUT2D eigenvalue weighted by Gasteiger charge is 2.11. The van der Waals surface area contributed by atoms with Gasteiger partial charge < -0.3 is 15.6 Å². The maximum absolute atomic E-state index is 12.0. The molecule has 0 fully saturated rings. The molecule has 106 valence electrons. The van der Waals surface area contributed by atoms with E-state index in [0.717, 1.165) is 10.9 Å². The Bertz CT molecular complexity index is 746. The molecule has 0 aliphatic rings. The fourth-order valence-corrected chi connectivity index (χ4v) is 2.45. The van der Waals surface area contributed by atoms with Gasteiger partial charge in [0, 0.05) is 22.5 Å². The van der Waals surface area contributed by atoms with Crippen LogP contribution in [0.5, 0.6) is 0 Å². The van der Waals surface area contributed by atoms with Crippen molar-refractivity contribution in [2.45, 2.75) is 0 Å². The van der Waals surface area contributed by atoms with Crippen LogP contribution in [0.4, 0.5) is 5.13 Å². The lowest BCUT2D eigenvalue weighted by atomic mass is 10.2. The molecule has 0 spiro atoms. The summed E-state index contributed by atoms with van der Waals surface area (Å²) < 4.78 is 0. The number of hydrogen-bond donors (Lipinski definition) is 3. The number of benzene rings is 1. The fraction of sp³-hybridized carbons (Fsp3) is 0.0714. The first kappa shape index (κ1) is 13.3. The summed E-state index contributed by atoms with van der Waals surface area (Å²) in [6, 6.07) is 9.35. The van der Waals surface area contributed by atoms with Gasteiger partial charge in [0.2, 0.25) is 5.91 Å². The molecule has 2 heterocycles. The average Bonchev–Trinajstić information content (AvgIpc) is 3.13. The summed E-state index contributed by atoms with van der Waals surface area (Å²) in [4.78, 5) is 30.6. The number of amides is 2. The van der Waals surface area contributed by atoms with E-state index in [0.29, 0.717) is 10.8 Å². The Kier molecular flexibility index (Phi) is 3.65. The Balaban J connectivity index is 1.59. The third-order valence-corrected chi connectivity index (χ3v) is 3.55. The number of anilines is 1. The topological polar surface area (TPSA) is 86.9 Å². The number of thiazole rings is 1. The standard InChI is InChI=1S/C14H12N4O2S/c19-12(18-14-15-5-6-21-14)8-16-13(20)11-7-9-3-1-2-4-10(9)17-11/h1-7,17H,8H2,(H,16,20)(H,15,18,19). The van der Waals surface area contributed by atoms with E-state index < -0.39 is 0 Å². The van der Waals surface area contributed by atoms with Gasteiger partial charge in [0.1, 0.15) is 5.69 Å². The van der Waals surface area contributed by atoms with Crippen molar-refractivity contribution in [2.24, 2.45) is 0 Å². The molecule has 0 saturated carbocycles. The summed E-state index contributed by atoms with van der Waals surface area (Å²) in [5.74, 6) is -0.630. The Morgan fingerprint density at radius 3 is 2.90 bits per heavy atom. The van der Waals surface area contributed by atoms with Gasteiger partial charge in [-0.05, 0) is 12.1 Å². The lowest BCUT2D eigenvalue weighted by Gasteiger charge is -2.03. The first-order valence-electron chi connectivity index (χ1n) is 6.28. The number of nitrogens with zero attached hydrogens (tertiary/aromatic N) is 1. The highest BCUT2D eigenvalue weighted by Crippen LogP contribution is 2.14. The van der Waals surface area contributed by atoms with E-state index >= 15 is 0 Å². The predicted octanol–water partition coefficient (Wildman–Crippen LogP) is 1.99. The van der Waals surface area contributed by atoms with Crippen LogP contribution in [0.1, 0.15) is 10.5 Å². The number of para-hydroxylation sites is 1. The van der Waals surface area contributed by atoms with Gasteiger partial charge >= 0.3 is 0 Å². The quantitative estimate of drug-likeness (QED) is 0.688. The highest BCUT2D eigenvalue weighted by atomic mass is 32.1. The van der Waals surface area contributed by atoms with E-state index in [1.165, 1.54) is 11.3 Å². The largest absolute Gasteiger partial charge is 0.351 e. The molecule has 3 rings (SSSR count). The van der Waals surface area contributed by atoms with E-state index in [2.05, 4.69) is 20.6 Å². The molecule has 2 aromatic heterocycles. The number of aromatic amines is 1. The van der Waals surface area contributed by atoms with Crippen molar-refractivity contribution in [3.05, 3.63) is 47.6 Å².